The molecule has 0 spiro atoms. The molecule has 90 valence electrons. The van der Waals surface area contributed by atoms with E-state index in [-0.39, 0.29) is 0 Å². The third-order valence-electron chi connectivity index (χ3n) is 2.17. The van der Waals surface area contributed by atoms with E-state index in [1.54, 1.807) is 17.1 Å². The van der Waals surface area contributed by atoms with Gasteiger partial charge in [-0.2, -0.15) is 5.10 Å². The maximum atomic E-state index is 5.90. The van der Waals surface area contributed by atoms with Crippen LogP contribution in [0.15, 0.2) is 16.9 Å². The SMILES string of the molecule is Cc1cc(Cl)nc(NCc2ncn(C)n2)c1Br. The first-order valence-corrected chi connectivity index (χ1v) is 6.14. The lowest BCUT2D eigenvalue weighted by Gasteiger charge is -2.08. The van der Waals surface area contributed by atoms with E-state index < -0.39 is 0 Å². The molecule has 0 saturated heterocycles. The highest BCUT2D eigenvalue weighted by atomic mass is 79.9. The predicted molar refractivity (Wildman–Crippen MR) is 70.0 cm³/mol. The van der Waals surface area contributed by atoms with Gasteiger partial charge in [-0.05, 0) is 34.5 Å². The Morgan fingerprint density at radius 2 is 2.29 bits per heavy atom. The van der Waals surface area contributed by atoms with E-state index in [1.165, 1.54) is 0 Å². The third-order valence-corrected chi connectivity index (χ3v) is 3.36. The van der Waals surface area contributed by atoms with Crippen molar-refractivity contribution in [2.75, 3.05) is 5.32 Å². The van der Waals surface area contributed by atoms with Crippen LogP contribution in [0.25, 0.3) is 0 Å². The summed E-state index contributed by atoms with van der Waals surface area (Å²) in [6.45, 7) is 2.47. The predicted octanol–water partition coefficient (Wildman–Crippen LogP) is 2.55. The maximum Gasteiger partial charge on any atom is 0.169 e. The maximum absolute atomic E-state index is 5.90. The lowest BCUT2D eigenvalue weighted by Crippen LogP contribution is -2.05. The van der Waals surface area contributed by atoms with E-state index >= 15 is 0 Å². The first-order chi connectivity index (χ1) is 8.06. The van der Waals surface area contributed by atoms with Gasteiger partial charge < -0.3 is 5.32 Å². The second-order valence-corrected chi connectivity index (χ2v) is 4.79. The Labute approximate surface area is 112 Å². The number of hydrogen-bond donors (Lipinski definition) is 1. The van der Waals surface area contributed by atoms with Gasteiger partial charge in [0.15, 0.2) is 5.82 Å². The number of aryl methyl sites for hydroxylation is 2. The number of nitrogens with one attached hydrogen (secondary N) is 1. The van der Waals surface area contributed by atoms with Gasteiger partial charge in [-0.25, -0.2) is 9.97 Å². The molecule has 0 aliphatic carbocycles. The minimum Gasteiger partial charge on any atom is -0.362 e. The monoisotopic (exact) mass is 315 g/mol. The van der Waals surface area contributed by atoms with Gasteiger partial charge in [0.05, 0.1) is 11.0 Å². The number of pyridine rings is 1. The zero-order chi connectivity index (χ0) is 12.4. The summed E-state index contributed by atoms with van der Waals surface area (Å²) >= 11 is 9.36. The molecule has 0 amide bonds. The van der Waals surface area contributed by atoms with Crippen LogP contribution < -0.4 is 5.32 Å². The smallest absolute Gasteiger partial charge is 0.169 e. The van der Waals surface area contributed by atoms with Crippen LogP contribution in [0, 0.1) is 6.92 Å². The topological polar surface area (TPSA) is 55.6 Å². The average molecular weight is 317 g/mol. The van der Waals surface area contributed by atoms with Crippen molar-refractivity contribution in [1.29, 1.82) is 0 Å². The first kappa shape index (κ1) is 12.3. The Kier molecular flexibility index (Phi) is 3.63. The highest BCUT2D eigenvalue weighted by molar-refractivity contribution is 9.10. The van der Waals surface area contributed by atoms with Crippen LogP contribution >= 0.6 is 27.5 Å². The standard InChI is InChI=1S/C10H11BrClN5/c1-6-3-7(12)15-10(9(6)11)13-4-8-14-5-17(2)16-8/h3,5H,4H2,1-2H3,(H,13,15). The van der Waals surface area contributed by atoms with Crippen LogP contribution in [-0.4, -0.2) is 19.7 Å². The molecule has 0 unspecified atom stereocenters. The summed E-state index contributed by atoms with van der Waals surface area (Å²) in [6, 6.07) is 1.80. The van der Waals surface area contributed by atoms with Gasteiger partial charge >= 0.3 is 0 Å². The lowest BCUT2D eigenvalue weighted by atomic mass is 10.3. The quantitative estimate of drug-likeness (QED) is 0.884. The molecule has 0 bridgehead atoms. The summed E-state index contributed by atoms with van der Waals surface area (Å²) in [4.78, 5) is 8.32. The summed E-state index contributed by atoms with van der Waals surface area (Å²) in [5.41, 5.74) is 1.03. The van der Waals surface area contributed by atoms with Crippen molar-refractivity contribution in [1.82, 2.24) is 19.7 Å². The average Bonchev–Trinajstić information content (AvgIpc) is 2.67. The van der Waals surface area contributed by atoms with Crippen LogP contribution in [0.3, 0.4) is 0 Å². The van der Waals surface area contributed by atoms with Crippen LogP contribution in [0.1, 0.15) is 11.4 Å². The number of nitrogens with zero attached hydrogens (tertiary/aromatic N) is 4. The molecule has 2 rings (SSSR count). The van der Waals surface area contributed by atoms with Crippen LogP contribution in [0.4, 0.5) is 5.82 Å². The molecular formula is C10H11BrClN5. The molecule has 2 aromatic heterocycles. The Morgan fingerprint density at radius 1 is 1.53 bits per heavy atom. The summed E-state index contributed by atoms with van der Waals surface area (Å²) in [7, 11) is 1.83. The van der Waals surface area contributed by atoms with Crippen LogP contribution in [0.2, 0.25) is 5.15 Å². The Balaban J connectivity index is 2.14. The van der Waals surface area contributed by atoms with Crippen molar-refractivity contribution < 1.29 is 0 Å². The molecule has 2 aromatic rings. The molecule has 5 nitrogen and oxygen atoms in total. The second-order valence-electron chi connectivity index (χ2n) is 3.61. The fourth-order valence-corrected chi connectivity index (χ4v) is 1.95. The molecule has 0 atom stereocenters. The van der Waals surface area contributed by atoms with Crippen molar-refractivity contribution >= 4 is 33.3 Å². The zero-order valence-corrected chi connectivity index (χ0v) is 11.7. The molecule has 0 saturated carbocycles. The largest absolute Gasteiger partial charge is 0.362 e. The Morgan fingerprint density at radius 3 is 2.94 bits per heavy atom. The molecular weight excluding hydrogens is 306 g/mol. The van der Waals surface area contributed by atoms with Crippen molar-refractivity contribution in [2.24, 2.45) is 7.05 Å². The van der Waals surface area contributed by atoms with E-state index in [0.717, 1.165) is 10.0 Å². The second kappa shape index (κ2) is 5.01. The molecule has 0 radical (unpaired) electrons. The van der Waals surface area contributed by atoms with Crippen LogP contribution in [-0.2, 0) is 13.6 Å². The zero-order valence-electron chi connectivity index (χ0n) is 9.41. The molecule has 17 heavy (non-hydrogen) atoms. The van der Waals surface area contributed by atoms with E-state index in [0.29, 0.717) is 23.3 Å². The van der Waals surface area contributed by atoms with E-state index in [9.17, 15) is 0 Å². The van der Waals surface area contributed by atoms with Gasteiger partial charge in [-0.15, -0.1) is 0 Å². The number of anilines is 1. The summed E-state index contributed by atoms with van der Waals surface area (Å²) in [5, 5.41) is 7.77. The number of halogens is 2. The first-order valence-electron chi connectivity index (χ1n) is 4.97. The molecule has 7 heteroatoms. The van der Waals surface area contributed by atoms with Gasteiger partial charge in [0, 0.05) is 7.05 Å². The minimum absolute atomic E-state index is 0.460. The van der Waals surface area contributed by atoms with Gasteiger partial charge in [0.1, 0.15) is 17.3 Å². The minimum atomic E-state index is 0.460. The molecule has 2 heterocycles. The highest BCUT2D eigenvalue weighted by Gasteiger charge is 2.07. The molecule has 1 N–H and O–H groups in total. The summed E-state index contributed by atoms with van der Waals surface area (Å²) in [5.74, 6) is 1.40. The van der Waals surface area contributed by atoms with E-state index in [2.05, 4.69) is 36.3 Å². The number of rotatable bonds is 3. The van der Waals surface area contributed by atoms with E-state index in [1.807, 2.05) is 14.0 Å². The Bertz CT molecular complexity index is 539. The van der Waals surface area contributed by atoms with Gasteiger partial charge in [-0.1, -0.05) is 11.6 Å². The van der Waals surface area contributed by atoms with Crippen LogP contribution in [0.5, 0.6) is 0 Å². The van der Waals surface area contributed by atoms with Crippen molar-refractivity contribution in [3.05, 3.63) is 33.4 Å². The molecule has 0 aliphatic heterocycles. The van der Waals surface area contributed by atoms with Crippen molar-refractivity contribution in [3.8, 4) is 0 Å². The summed E-state index contributed by atoms with van der Waals surface area (Å²) in [6.07, 6.45) is 1.66. The fraction of sp³-hybridized carbons (Fsp3) is 0.300. The fourth-order valence-electron chi connectivity index (χ4n) is 1.36. The molecule has 0 fully saturated rings. The molecule has 0 aliphatic rings. The highest BCUT2D eigenvalue weighted by Crippen LogP contribution is 2.26. The van der Waals surface area contributed by atoms with Gasteiger partial charge in [-0.3, -0.25) is 4.68 Å². The van der Waals surface area contributed by atoms with Gasteiger partial charge in [0.2, 0.25) is 0 Å². The number of hydrogen-bond acceptors (Lipinski definition) is 4. The Hall–Kier alpha value is -1.14. The van der Waals surface area contributed by atoms with Crippen molar-refractivity contribution in [3.63, 3.8) is 0 Å². The number of aromatic nitrogens is 4. The summed E-state index contributed by atoms with van der Waals surface area (Å²) < 4.78 is 2.56. The third kappa shape index (κ3) is 2.95. The molecule has 0 aromatic carbocycles. The van der Waals surface area contributed by atoms with Gasteiger partial charge in [0.25, 0.3) is 0 Å². The lowest BCUT2D eigenvalue weighted by molar-refractivity contribution is 0.747. The van der Waals surface area contributed by atoms with E-state index in [4.69, 9.17) is 11.6 Å². The van der Waals surface area contributed by atoms with Crippen molar-refractivity contribution in [2.45, 2.75) is 13.5 Å². The normalized spacial score (nSPS) is 10.6.